The summed E-state index contributed by atoms with van der Waals surface area (Å²) in [5.74, 6) is -0.945. The van der Waals surface area contributed by atoms with E-state index in [-0.39, 0.29) is 5.56 Å². The molecule has 1 aromatic carbocycles. The third kappa shape index (κ3) is 2.25. The van der Waals surface area contributed by atoms with E-state index in [1.165, 1.54) is 6.07 Å². The predicted molar refractivity (Wildman–Crippen MR) is 79.5 cm³/mol. The maximum absolute atomic E-state index is 12.0. The Bertz CT molecular complexity index is 784. The minimum atomic E-state index is -0.945. The molecule has 0 aliphatic heterocycles. The van der Waals surface area contributed by atoms with Crippen molar-refractivity contribution in [3.8, 4) is 0 Å². The van der Waals surface area contributed by atoms with Crippen LogP contribution < -0.4 is 5.56 Å². The number of allylic oxidation sites excluding steroid dienone is 1. The molecule has 0 saturated heterocycles. The molecule has 4 nitrogen and oxygen atoms in total. The normalized spacial score (nSPS) is 10.8. The van der Waals surface area contributed by atoms with E-state index in [9.17, 15) is 14.7 Å². The molecule has 1 aromatic heterocycles. The van der Waals surface area contributed by atoms with Gasteiger partial charge in [-0.25, -0.2) is 4.79 Å². The van der Waals surface area contributed by atoms with E-state index < -0.39 is 5.97 Å². The Morgan fingerprint density at radius 2 is 2.00 bits per heavy atom. The van der Waals surface area contributed by atoms with E-state index in [0.717, 1.165) is 16.5 Å². The van der Waals surface area contributed by atoms with Crippen LogP contribution >= 0.6 is 0 Å². The molecule has 1 N–H and O–H groups in total. The van der Waals surface area contributed by atoms with E-state index in [2.05, 4.69) is 6.58 Å². The number of benzene rings is 1. The molecular weight excluding hydrogens is 254 g/mol. The Labute approximate surface area is 117 Å². The fourth-order valence-corrected chi connectivity index (χ4v) is 2.54. The van der Waals surface area contributed by atoms with Crippen molar-refractivity contribution < 1.29 is 9.90 Å². The van der Waals surface area contributed by atoms with E-state index in [4.69, 9.17) is 0 Å². The highest BCUT2D eigenvalue weighted by atomic mass is 16.4. The smallest absolute Gasteiger partial charge is 0.336 e. The molecule has 20 heavy (non-hydrogen) atoms. The highest BCUT2D eigenvalue weighted by molar-refractivity contribution is 5.98. The van der Waals surface area contributed by atoms with Crippen molar-refractivity contribution in [3.05, 3.63) is 57.4 Å². The lowest BCUT2D eigenvalue weighted by Gasteiger charge is -2.14. The van der Waals surface area contributed by atoms with E-state index in [1.807, 2.05) is 6.92 Å². The number of rotatable bonds is 3. The van der Waals surface area contributed by atoms with Gasteiger partial charge in [0, 0.05) is 18.0 Å². The molecule has 0 saturated carbocycles. The molecule has 0 fully saturated rings. The second-order valence-corrected chi connectivity index (χ2v) is 5.15. The monoisotopic (exact) mass is 271 g/mol. The first-order valence-electron chi connectivity index (χ1n) is 6.34. The molecule has 0 amide bonds. The summed E-state index contributed by atoms with van der Waals surface area (Å²) in [6.45, 7) is 9.65. The topological polar surface area (TPSA) is 59.3 Å². The lowest BCUT2D eigenvalue weighted by Crippen LogP contribution is -2.20. The minimum Gasteiger partial charge on any atom is -0.478 e. The Hall–Kier alpha value is -2.36. The maximum atomic E-state index is 12.0. The molecular formula is C16H17NO3. The van der Waals surface area contributed by atoms with Crippen LogP contribution in [0.15, 0.2) is 35.1 Å². The summed E-state index contributed by atoms with van der Waals surface area (Å²) in [5, 5.41) is 10.1. The van der Waals surface area contributed by atoms with Crippen LogP contribution in [0.4, 0.5) is 0 Å². The summed E-state index contributed by atoms with van der Waals surface area (Å²) in [7, 11) is 0. The highest BCUT2D eigenvalue weighted by Gasteiger charge is 2.15. The second-order valence-electron chi connectivity index (χ2n) is 5.15. The molecule has 1 heterocycles. The standard InChI is InChI=1S/C16H17NO3/c1-9(2)8-17-13-7-10(3)15(16(19)20)11(4)12(13)5-6-14(17)18/h5-7H,1,8H2,2-4H3,(H,19,20). The van der Waals surface area contributed by atoms with E-state index in [1.54, 1.807) is 30.5 Å². The van der Waals surface area contributed by atoms with Gasteiger partial charge in [0.25, 0.3) is 5.56 Å². The lowest BCUT2D eigenvalue weighted by atomic mass is 9.98. The highest BCUT2D eigenvalue weighted by Crippen LogP contribution is 2.24. The van der Waals surface area contributed by atoms with Gasteiger partial charge >= 0.3 is 5.97 Å². The number of fused-ring (bicyclic) bond motifs is 1. The van der Waals surface area contributed by atoms with Gasteiger partial charge in [0.15, 0.2) is 0 Å². The Kier molecular flexibility index (Phi) is 3.49. The molecule has 4 heteroatoms. The Morgan fingerprint density at radius 1 is 1.35 bits per heavy atom. The van der Waals surface area contributed by atoms with Crippen LogP contribution in [0.3, 0.4) is 0 Å². The van der Waals surface area contributed by atoms with E-state index in [0.29, 0.717) is 23.2 Å². The lowest BCUT2D eigenvalue weighted by molar-refractivity contribution is 0.0695. The number of carbonyl (C=O) groups is 1. The Morgan fingerprint density at radius 3 is 2.55 bits per heavy atom. The number of aromatic nitrogens is 1. The van der Waals surface area contributed by atoms with Gasteiger partial charge in [-0.3, -0.25) is 4.79 Å². The van der Waals surface area contributed by atoms with Crippen molar-refractivity contribution in [2.45, 2.75) is 27.3 Å². The number of aryl methyl sites for hydroxylation is 2. The van der Waals surface area contributed by atoms with Gasteiger partial charge in [0.05, 0.1) is 11.1 Å². The van der Waals surface area contributed by atoms with Crippen LogP contribution in [0.2, 0.25) is 0 Å². The van der Waals surface area contributed by atoms with E-state index >= 15 is 0 Å². The number of nitrogens with zero attached hydrogens (tertiary/aromatic N) is 1. The van der Waals surface area contributed by atoms with Crippen molar-refractivity contribution in [2.75, 3.05) is 0 Å². The molecule has 0 atom stereocenters. The SMILES string of the molecule is C=C(C)Cn1c(=O)ccc2c(C)c(C(=O)O)c(C)cc21. The summed E-state index contributed by atoms with van der Waals surface area (Å²) < 4.78 is 1.63. The summed E-state index contributed by atoms with van der Waals surface area (Å²) in [6.07, 6.45) is 0. The summed E-state index contributed by atoms with van der Waals surface area (Å²) in [5.41, 5.74) is 3.16. The number of carboxylic acids is 1. The first kappa shape index (κ1) is 14.1. The molecule has 0 spiro atoms. The molecule has 0 aliphatic carbocycles. The zero-order valence-corrected chi connectivity index (χ0v) is 11.9. The summed E-state index contributed by atoms with van der Waals surface area (Å²) in [4.78, 5) is 23.3. The van der Waals surface area contributed by atoms with Crippen LogP contribution in [-0.4, -0.2) is 15.6 Å². The largest absolute Gasteiger partial charge is 0.478 e. The van der Waals surface area contributed by atoms with Crippen LogP contribution in [0.5, 0.6) is 0 Å². The Balaban J connectivity index is 2.90. The van der Waals surface area contributed by atoms with Gasteiger partial charge in [-0.1, -0.05) is 12.2 Å². The zero-order chi connectivity index (χ0) is 15.0. The first-order chi connectivity index (χ1) is 9.32. The second kappa shape index (κ2) is 4.96. The maximum Gasteiger partial charge on any atom is 0.336 e. The fourth-order valence-electron chi connectivity index (χ4n) is 2.54. The minimum absolute atomic E-state index is 0.109. The fraction of sp³-hybridized carbons (Fsp3) is 0.250. The third-order valence-corrected chi connectivity index (χ3v) is 3.39. The van der Waals surface area contributed by atoms with Gasteiger partial charge in [0.2, 0.25) is 0 Å². The molecule has 2 aromatic rings. The number of aromatic carboxylic acids is 1. The molecule has 0 aliphatic rings. The molecule has 2 rings (SSSR count). The molecule has 0 bridgehead atoms. The number of carboxylic acid groups (broad SMARTS) is 1. The van der Waals surface area contributed by atoms with Crippen molar-refractivity contribution in [3.63, 3.8) is 0 Å². The van der Waals surface area contributed by atoms with Gasteiger partial charge in [0.1, 0.15) is 0 Å². The first-order valence-corrected chi connectivity index (χ1v) is 6.34. The van der Waals surface area contributed by atoms with Gasteiger partial charge in [-0.2, -0.15) is 0 Å². The van der Waals surface area contributed by atoms with Gasteiger partial charge in [-0.05, 0) is 44.0 Å². The van der Waals surface area contributed by atoms with Crippen LogP contribution in [0.25, 0.3) is 10.9 Å². The van der Waals surface area contributed by atoms with Gasteiger partial charge in [-0.15, -0.1) is 0 Å². The summed E-state index contributed by atoms with van der Waals surface area (Å²) in [6, 6.07) is 4.92. The van der Waals surface area contributed by atoms with Crippen LogP contribution in [0, 0.1) is 13.8 Å². The van der Waals surface area contributed by atoms with Crippen LogP contribution in [-0.2, 0) is 6.54 Å². The predicted octanol–water partition coefficient (Wildman–Crippen LogP) is 2.89. The molecule has 0 unspecified atom stereocenters. The van der Waals surface area contributed by atoms with Gasteiger partial charge < -0.3 is 9.67 Å². The molecule has 104 valence electrons. The average molecular weight is 271 g/mol. The number of hydrogen-bond acceptors (Lipinski definition) is 2. The van der Waals surface area contributed by atoms with Crippen molar-refractivity contribution in [2.24, 2.45) is 0 Å². The zero-order valence-electron chi connectivity index (χ0n) is 11.9. The third-order valence-electron chi connectivity index (χ3n) is 3.39. The average Bonchev–Trinajstić information content (AvgIpc) is 2.32. The van der Waals surface area contributed by atoms with Crippen molar-refractivity contribution in [1.82, 2.24) is 4.57 Å². The van der Waals surface area contributed by atoms with Crippen LogP contribution in [0.1, 0.15) is 28.4 Å². The number of pyridine rings is 1. The van der Waals surface area contributed by atoms with Crippen molar-refractivity contribution in [1.29, 1.82) is 0 Å². The van der Waals surface area contributed by atoms with Crippen molar-refractivity contribution >= 4 is 16.9 Å². The quantitative estimate of drug-likeness (QED) is 0.873. The number of hydrogen-bond donors (Lipinski definition) is 1. The summed E-state index contributed by atoms with van der Waals surface area (Å²) >= 11 is 0. The molecule has 0 radical (unpaired) electrons.